The number of fused-ring (bicyclic) bond motifs is 1. The number of aliphatic hydroxyl groups is 1. The first-order chi connectivity index (χ1) is 9.72. The van der Waals surface area contributed by atoms with Crippen molar-refractivity contribution >= 4 is 10.8 Å². The Bertz CT molecular complexity index is 548. The Labute approximate surface area is 121 Å². The first-order valence-corrected chi connectivity index (χ1v) is 7.47. The SMILES string of the molecule is CCC(O)CCCCc1ccc2cc(OC)ccc2c1. The number of aliphatic hydroxyl groups excluding tert-OH is 1. The first-order valence-electron chi connectivity index (χ1n) is 7.47. The molecule has 0 radical (unpaired) electrons. The molecular formula is C18H24O2. The maximum Gasteiger partial charge on any atom is 0.119 e. The molecule has 0 aliphatic rings. The van der Waals surface area contributed by atoms with Gasteiger partial charge in [-0.05, 0) is 54.2 Å². The van der Waals surface area contributed by atoms with E-state index >= 15 is 0 Å². The Balaban J connectivity index is 1.94. The molecule has 0 amide bonds. The predicted octanol–water partition coefficient (Wildman–Crippen LogP) is 4.33. The van der Waals surface area contributed by atoms with Crippen molar-refractivity contribution in [3.63, 3.8) is 0 Å². The molecular weight excluding hydrogens is 248 g/mol. The molecule has 2 nitrogen and oxygen atoms in total. The number of benzene rings is 2. The van der Waals surface area contributed by atoms with Crippen molar-refractivity contribution in [1.82, 2.24) is 0 Å². The lowest BCUT2D eigenvalue weighted by Gasteiger charge is -2.08. The largest absolute Gasteiger partial charge is 0.497 e. The number of rotatable bonds is 7. The monoisotopic (exact) mass is 272 g/mol. The smallest absolute Gasteiger partial charge is 0.119 e. The summed E-state index contributed by atoms with van der Waals surface area (Å²) < 4.78 is 5.24. The predicted molar refractivity (Wildman–Crippen MR) is 84.4 cm³/mol. The van der Waals surface area contributed by atoms with Crippen molar-refractivity contribution in [2.24, 2.45) is 0 Å². The van der Waals surface area contributed by atoms with Gasteiger partial charge in [-0.25, -0.2) is 0 Å². The van der Waals surface area contributed by atoms with E-state index < -0.39 is 0 Å². The normalized spacial score (nSPS) is 12.6. The molecule has 0 saturated heterocycles. The van der Waals surface area contributed by atoms with E-state index in [0.717, 1.165) is 37.9 Å². The van der Waals surface area contributed by atoms with Gasteiger partial charge in [-0.2, -0.15) is 0 Å². The molecule has 2 aromatic rings. The Morgan fingerprint density at radius 3 is 2.55 bits per heavy atom. The maximum atomic E-state index is 9.53. The van der Waals surface area contributed by atoms with Gasteiger partial charge in [-0.1, -0.05) is 37.6 Å². The van der Waals surface area contributed by atoms with Crippen molar-refractivity contribution in [2.75, 3.05) is 7.11 Å². The summed E-state index contributed by atoms with van der Waals surface area (Å²) in [6, 6.07) is 12.8. The van der Waals surface area contributed by atoms with Crippen LogP contribution in [0.3, 0.4) is 0 Å². The van der Waals surface area contributed by atoms with Gasteiger partial charge in [0, 0.05) is 0 Å². The Kier molecular flexibility index (Phi) is 5.42. The molecule has 0 fully saturated rings. The summed E-state index contributed by atoms with van der Waals surface area (Å²) in [5.74, 6) is 0.902. The molecule has 108 valence electrons. The standard InChI is InChI=1S/C18H24O2/c1-3-17(19)7-5-4-6-14-8-9-16-13-18(20-2)11-10-15(16)12-14/h8-13,17,19H,3-7H2,1-2H3. The summed E-state index contributed by atoms with van der Waals surface area (Å²) in [7, 11) is 1.69. The van der Waals surface area contributed by atoms with Crippen LogP contribution in [-0.4, -0.2) is 18.3 Å². The fourth-order valence-corrected chi connectivity index (χ4v) is 2.47. The van der Waals surface area contributed by atoms with Crippen molar-refractivity contribution in [2.45, 2.75) is 45.1 Å². The molecule has 0 bridgehead atoms. The third-order valence-electron chi connectivity index (χ3n) is 3.84. The topological polar surface area (TPSA) is 29.5 Å². The number of hydrogen-bond donors (Lipinski definition) is 1. The van der Waals surface area contributed by atoms with Gasteiger partial charge in [-0.3, -0.25) is 0 Å². The summed E-state index contributed by atoms with van der Waals surface area (Å²) >= 11 is 0. The zero-order valence-electron chi connectivity index (χ0n) is 12.4. The average molecular weight is 272 g/mol. The quantitative estimate of drug-likeness (QED) is 0.760. The molecule has 1 N–H and O–H groups in total. The lowest BCUT2D eigenvalue weighted by atomic mass is 10.0. The highest BCUT2D eigenvalue weighted by atomic mass is 16.5. The molecule has 2 heteroatoms. The van der Waals surface area contributed by atoms with Crippen LogP contribution >= 0.6 is 0 Å². The lowest BCUT2D eigenvalue weighted by Crippen LogP contribution is -2.03. The molecule has 2 aromatic carbocycles. The molecule has 0 spiro atoms. The molecule has 1 atom stereocenters. The fraction of sp³-hybridized carbons (Fsp3) is 0.444. The summed E-state index contributed by atoms with van der Waals surface area (Å²) in [6.45, 7) is 2.03. The van der Waals surface area contributed by atoms with Crippen LogP contribution in [0.4, 0.5) is 0 Å². The third-order valence-corrected chi connectivity index (χ3v) is 3.84. The van der Waals surface area contributed by atoms with Crippen LogP contribution in [0.15, 0.2) is 36.4 Å². The van der Waals surface area contributed by atoms with Crippen molar-refractivity contribution in [1.29, 1.82) is 0 Å². The van der Waals surface area contributed by atoms with Crippen LogP contribution in [-0.2, 0) is 6.42 Å². The zero-order valence-corrected chi connectivity index (χ0v) is 12.4. The van der Waals surface area contributed by atoms with E-state index in [1.165, 1.54) is 16.3 Å². The summed E-state index contributed by atoms with van der Waals surface area (Å²) in [5, 5.41) is 12.0. The van der Waals surface area contributed by atoms with Gasteiger partial charge in [0.2, 0.25) is 0 Å². The second-order valence-electron chi connectivity index (χ2n) is 5.36. The van der Waals surface area contributed by atoms with E-state index in [1.807, 2.05) is 13.0 Å². The zero-order chi connectivity index (χ0) is 14.4. The molecule has 0 aliphatic carbocycles. The highest BCUT2D eigenvalue weighted by molar-refractivity contribution is 5.84. The molecule has 0 saturated carbocycles. The molecule has 0 aliphatic heterocycles. The minimum atomic E-state index is -0.126. The Morgan fingerprint density at radius 2 is 1.80 bits per heavy atom. The second kappa shape index (κ2) is 7.30. The van der Waals surface area contributed by atoms with Crippen molar-refractivity contribution < 1.29 is 9.84 Å². The highest BCUT2D eigenvalue weighted by Gasteiger charge is 2.02. The van der Waals surface area contributed by atoms with E-state index in [4.69, 9.17) is 4.74 Å². The minimum absolute atomic E-state index is 0.126. The van der Waals surface area contributed by atoms with Gasteiger partial charge in [0.05, 0.1) is 13.2 Å². The molecule has 1 unspecified atom stereocenters. The van der Waals surface area contributed by atoms with Gasteiger partial charge >= 0.3 is 0 Å². The third kappa shape index (κ3) is 3.97. The maximum absolute atomic E-state index is 9.53. The van der Waals surface area contributed by atoms with Crippen LogP contribution < -0.4 is 4.74 Å². The number of ether oxygens (including phenoxy) is 1. The van der Waals surface area contributed by atoms with Crippen molar-refractivity contribution in [3.8, 4) is 5.75 Å². The highest BCUT2D eigenvalue weighted by Crippen LogP contribution is 2.22. The number of aryl methyl sites for hydroxylation is 1. The lowest BCUT2D eigenvalue weighted by molar-refractivity contribution is 0.157. The Hall–Kier alpha value is -1.54. The molecule has 0 heterocycles. The van der Waals surface area contributed by atoms with Crippen molar-refractivity contribution in [3.05, 3.63) is 42.0 Å². The first kappa shape index (κ1) is 14.9. The van der Waals surface area contributed by atoms with Crippen LogP contribution in [0.1, 0.15) is 38.2 Å². The van der Waals surface area contributed by atoms with Gasteiger partial charge in [0.1, 0.15) is 5.75 Å². The molecule has 2 rings (SSSR count). The van der Waals surface area contributed by atoms with Crippen LogP contribution in [0, 0.1) is 0 Å². The number of unbranched alkanes of at least 4 members (excludes halogenated alkanes) is 1. The van der Waals surface area contributed by atoms with E-state index in [9.17, 15) is 5.11 Å². The summed E-state index contributed by atoms with van der Waals surface area (Å²) in [5.41, 5.74) is 1.37. The second-order valence-corrected chi connectivity index (χ2v) is 5.36. The van der Waals surface area contributed by atoms with E-state index in [2.05, 4.69) is 30.3 Å². The molecule has 20 heavy (non-hydrogen) atoms. The van der Waals surface area contributed by atoms with Gasteiger partial charge in [0.15, 0.2) is 0 Å². The number of methoxy groups -OCH3 is 1. The molecule has 0 aromatic heterocycles. The van der Waals surface area contributed by atoms with E-state index in [-0.39, 0.29) is 6.10 Å². The van der Waals surface area contributed by atoms with Gasteiger partial charge in [-0.15, -0.1) is 0 Å². The van der Waals surface area contributed by atoms with E-state index in [1.54, 1.807) is 7.11 Å². The number of hydrogen-bond acceptors (Lipinski definition) is 2. The van der Waals surface area contributed by atoms with Crippen LogP contribution in [0.2, 0.25) is 0 Å². The van der Waals surface area contributed by atoms with E-state index in [0.29, 0.717) is 0 Å². The van der Waals surface area contributed by atoms with Crippen LogP contribution in [0.25, 0.3) is 10.8 Å². The van der Waals surface area contributed by atoms with Crippen LogP contribution in [0.5, 0.6) is 5.75 Å². The fourth-order valence-electron chi connectivity index (χ4n) is 2.47. The Morgan fingerprint density at radius 1 is 1.05 bits per heavy atom. The average Bonchev–Trinajstić information content (AvgIpc) is 2.50. The van der Waals surface area contributed by atoms with Gasteiger partial charge < -0.3 is 9.84 Å². The minimum Gasteiger partial charge on any atom is -0.497 e. The summed E-state index contributed by atoms with van der Waals surface area (Å²) in [4.78, 5) is 0. The van der Waals surface area contributed by atoms with Gasteiger partial charge in [0.25, 0.3) is 0 Å². The summed E-state index contributed by atoms with van der Waals surface area (Å²) in [6.07, 6.45) is 4.96.